The van der Waals surface area contributed by atoms with Crippen LogP contribution in [0, 0.1) is 34.6 Å². The van der Waals surface area contributed by atoms with Gasteiger partial charge in [0.05, 0.1) is 49.2 Å². The SMILES string of the molecule is C/C=C\C.CCC(=O)O.CCc1cc(OCCc2nc(-c3ccc(C(C)(C)C)cc3)oc2C)ccc1CCC(=O)O.CCc1cc(OCCc2nc(-c3ccc(C(N)=O)cc3)oc2C)ccc1CCC(=O)O.CCc1cc(OCCc2nc(-c3ccc(C)cc3)oc2C)ccc1CCC(=O)O.CCc1cc(OCCc2nc(-c3ccc(C)cc3)oc2CC)ccc1CCC(=O)O. The predicted molar refractivity (Wildman–Crippen MR) is 510 cm³/mol. The predicted octanol–water partition coefficient (Wildman–Crippen LogP) is 22.7. The van der Waals surface area contributed by atoms with Crippen molar-refractivity contribution < 1.29 is 90.9 Å². The lowest BCUT2D eigenvalue weighted by atomic mass is 9.87. The molecule has 7 N–H and O–H groups in total. The summed E-state index contributed by atoms with van der Waals surface area (Å²) < 4.78 is 47.2. The molecule has 0 bridgehead atoms. The van der Waals surface area contributed by atoms with Crippen molar-refractivity contribution in [3.8, 4) is 68.8 Å². The number of allylic oxidation sites excluding steroid dienone is 2. The summed E-state index contributed by atoms with van der Waals surface area (Å²) in [7, 11) is 0. The number of amides is 1. The fourth-order valence-corrected chi connectivity index (χ4v) is 13.7. The number of primary amides is 1. The minimum Gasteiger partial charge on any atom is -0.493 e. The number of hydrogen-bond acceptors (Lipinski definition) is 18. The molecule has 4 aromatic heterocycles. The molecule has 24 heteroatoms. The molecular weight excluding hydrogens is 1660 g/mol. The van der Waals surface area contributed by atoms with Crippen molar-refractivity contribution in [1.29, 1.82) is 0 Å². The van der Waals surface area contributed by atoms with E-state index in [1.807, 2.05) is 163 Å². The van der Waals surface area contributed by atoms with Gasteiger partial charge >= 0.3 is 29.8 Å². The zero-order chi connectivity index (χ0) is 95.7. The monoisotopic (exact) mass is 1790 g/mol. The van der Waals surface area contributed by atoms with E-state index < -0.39 is 35.8 Å². The Morgan fingerprint density at radius 1 is 0.336 bits per heavy atom. The quantitative estimate of drug-likeness (QED) is 0.0195. The first-order valence-corrected chi connectivity index (χ1v) is 44.9. The maximum Gasteiger partial charge on any atom is 0.303 e. The summed E-state index contributed by atoms with van der Waals surface area (Å²) in [5, 5.41) is 43.3. The van der Waals surface area contributed by atoms with Crippen molar-refractivity contribution in [2.75, 3.05) is 26.4 Å². The second-order valence-electron chi connectivity index (χ2n) is 32.3. The minimum atomic E-state index is -0.798. The second-order valence-corrected chi connectivity index (χ2v) is 32.3. The standard InChI is InChI=1S/C27H33NO4.C25H29NO4.C24H26N2O5.C24H27NO4.C4H8.C3H6O2/c1-6-19-17-23(13-9-20(19)10-14-25(29)30)31-16-15-24-18(2)32-26(28-24)21-7-11-22(12-8-21)27(3,4)5;1-4-18-16-21(12-10-19(18)11-13-24(27)28)29-15-14-22-23(5-2)30-25(26-22)20-8-6-17(3)7-9-20;1-3-16-14-20(10-8-17(16)9-11-22(27)28)30-13-12-21-15(2)31-24(26-21)19-6-4-18(5-7-19)23(25)29;1-4-18-15-21(11-9-19(18)10-12-23(26)27)28-14-13-22-17(3)29-24(25-22)20-7-5-16(2)6-8-20;1-3-4-2;1-2-3(4)5/h7-9,11-13,17H,6,10,14-16H2,1-5H3,(H,29,30);6-10,12,16H,4-5,11,13-15H2,1-3H3,(H,27,28);4-8,10,14H,3,9,11-13H2,1-2H3,(H2,25,29)(H,27,28);5-9,11,15H,4,10,12-14H2,1-3H3,(H,26,27);3-4H,1-2H3;2H2,1H3,(H,4,5)/b;;;;4-3-;. The number of rotatable bonds is 39. The third kappa shape index (κ3) is 34.7. The summed E-state index contributed by atoms with van der Waals surface area (Å²) in [5.74, 6) is 4.41. The van der Waals surface area contributed by atoms with Crippen LogP contribution in [0.3, 0.4) is 0 Å². The number of benzene rings is 8. The van der Waals surface area contributed by atoms with E-state index in [1.54, 1.807) is 31.2 Å². The Morgan fingerprint density at radius 3 is 0.840 bits per heavy atom. The molecule has 24 nitrogen and oxygen atoms in total. The van der Waals surface area contributed by atoms with Crippen LogP contribution < -0.4 is 24.7 Å². The number of carbonyl (C=O) groups is 6. The summed E-state index contributed by atoms with van der Waals surface area (Å²) in [6.07, 6.45) is 13.6. The molecule has 0 saturated carbocycles. The molecule has 0 aliphatic heterocycles. The number of aliphatic carboxylic acids is 5. The Labute approximate surface area is 769 Å². The molecule has 1 amide bonds. The van der Waals surface area contributed by atoms with E-state index in [-0.39, 0.29) is 37.5 Å². The number of carbonyl (C=O) groups excluding carboxylic acids is 1. The lowest BCUT2D eigenvalue weighted by Gasteiger charge is -2.18. The molecule has 12 rings (SSSR count). The Balaban J connectivity index is 0.000000231. The summed E-state index contributed by atoms with van der Waals surface area (Å²) in [6.45, 7) is 34.2. The minimum absolute atomic E-state index is 0.111. The fourth-order valence-electron chi connectivity index (χ4n) is 13.7. The molecule has 0 radical (unpaired) electrons. The molecule has 0 fully saturated rings. The molecule has 4 heterocycles. The van der Waals surface area contributed by atoms with Gasteiger partial charge in [-0.3, -0.25) is 28.8 Å². The number of ether oxygens (including phenoxy) is 4. The van der Waals surface area contributed by atoms with Crippen LogP contribution in [-0.2, 0) is 113 Å². The molecule has 131 heavy (non-hydrogen) atoms. The number of carboxylic acids is 5. The number of oxazole rings is 4. The van der Waals surface area contributed by atoms with Gasteiger partial charge in [0.2, 0.25) is 29.5 Å². The van der Waals surface area contributed by atoms with E-state index in [4.69, 9.17) is 72.9 Å². The van der Waals surface area contributed by atoms with Gasteiger partial charge in [-0.05, 0) is 265 Å². The number of hydrogen-bond donors (Lipinski definition) is 6. The summed E-state index contributed by atoms with van der Waals surface area (Å²) in [6, 6.07) is 54.9. The maximum atomic E-state index is 11.2. The second kappa shape index (κ2) is 53.4. The van der Waals surface area contributed by atoms with Crippen molar-refractivity contribution in [2.45, 2.75) is 232 Å². The molecule has 696 valence electrons. The lowest BCUT2D eigenvalue weighted by Crippen LogP contribution is -2.10. The van der Waals surface area contributed by atoms with Crippen LogP contribution in [0.1, 0.15) is 226 Å². The Hall–Kier alpha value is -13.6. The van der Waals surface area contributed by atoms with Gasteiger partial charge in [0.1, 0.15) is 46.0 Å². The highest BCUT2D eigenvalue weighted by Crippen LogP contribution is 2.32. The highest BCUT2D eigenvalue weighted by atomic mass is 16.5. The van der Waals surface area contributed by atoms with Crippen molar-refractivity contribution >= 4 is 35.8 Å². The number of aryl methyl sites for hydroxylation is 14. The van der Waals surface area contributed by atoms with E-state index in [0.29, 0.717) is 107 Å². The molecular formula is C107H129N5O19. The van der Waals surface area contributed by atoms with Crippen molar-refractivity contribution in [3.05, 3.63) is 295 Å². The van der Waals surface area contributed by atoms with Crippen LogP contribution in [0.5, 0.6) is 23.0 Å². The van der Waals surface area contributed by atoms with E-state index >= 15 is 0 Å². The third-order valence-electron chi connectivity index (χ3n) is 21.5. The molecule has 12 aromatic rings. The van der Waals surface area contributed by atoms with E-state index in [9.17, 15) is 28.8 Å². The van der Waals surface area contributed by atoms with E-state index in [2.05, 4.69) is 114 Å². The van der Waals surface area contributed by atoms with Gasteiger partial charge in [0.25, 0.3) is 0 Å². The Bertz CT molecular complexity index is 5660. The zero-order valence-electron chi connectivity index (χ0n) is 78.7. The van der Waals surface area contributed by atoms with Gasteiger partial charge in [-0.1, -0.05) is 146 Å². The van der Waals surface area contributed by atoms with Crippen molar-refractivity contribution in [2.24, 2.45) is 5.73 Å². The molecule has 0 saturated heterocycles. The van der Waals surface area contributed by atoms with Gasteiger partial charge in [0, 0.05) is 92.0 Å². The largest absolute Gasteiger partial charge is 0.493 e. The summed E-state index contributed by atoms with van der Waals surface area (Å²) in [4.78, 5) is 82.5. The van der Waals surface area contributed by atoms with Crippen molar-refractivity contribution in [3.63, 3.8) is 0 Å². The van der Waals surface area contributed by atoms with Crippen LogP contribution in [0.4, 0.5) is 0 Å². The van der Waals surface area contributed by atoms with Crippen LogP contribution in [0.25, 0.3) is 45.8 Å². The summed E-state index contributed by atoms with van der Waals surface area (Å²) in [5.41, 5.74) is 25.4. The highest BCUT2D eigenvalue weighted by molar-refractivity contribution is 5.93. The average Bonchev–Trinajstić information content (AvgIpc) is 1.73. The van der Waals surface area contributed by atoms with Crippen molar-refractivity contribution in [1.82, 2.24) is 19.9 Å². The van der Waals surface area contributed by atoms with E-state index in [0.717, 1.165) is 168 Å². The van der Waals surface area contributed by atoms with Crippen LogP contribution in [-0.4, -0.2) is 108 Å². The summed E-state index contributed by atoms with van der Waals surface area (Å²) >= 11 is 0. The number of carboxylic acid groups (broad SMARTS) is 5. The smallest absolute Gasteiger partial charge is 0.303 e. The fraction of sp³-hybridized carbons (Fsp3) is 0.364. The number of nitrogens with zero attached hydrogens (tertiary/aromatic N) is 4. The van der Waals surface area contributed by atoms with Crippen LogP contribution in [0.15, 0.2) is 200 Å². The average molecular weight is 1790 g/mol. The van der Waals surface area contributed by atoms with Gasteiger partial charge in [-0.15, -0.1) is 0 Å². The van der Waals surface area contributed by atoms with Crippen LogP contribution in [0.2, 0.25) is 0 Å². The molecule has 8 aromatic carbocycles. The molecule has 0 unspecified atom stereocenters. The highest BCUT2D eigenvalue weighted by Gasteiger charge is 2.21. The Morgan fingerprint density at radius 2 is 0.595 bits per heavy atom. The van der Waals surface area contributed by atoms with E-state index in [1.165, 1.54) is 16.7 Å². The molecule has 0 atom stereocenters. The first-order chi connectivity index (χ1) is 62.7. The third-order valence-corrected chi connectivity index (χ3v) is 21.5. The maximum absolute atomic E-state index is 11.2. The molecule has 0 aliphatic rings. The Kier molecular flexibility index (Phi) is 42.5. The molecule has 0 spiro atoms. The van der Waals surface area contributed by atoms with Gasteiger partial charge < -0.3 is 67.9 Å². The first-order valence-electron chi connectivity index (χ1n) is 44.9. The zero-order valence-corrected chi connectivity index (χ0v) is 78.7. The molecule has 0 aliphatic carbocycles. The lowest BCUT2D eigenvalue weighted by molar-refractivity contribution is -0.138. The normalized spacial score (nSPS) is 10.8. The topological polar surface area (TPSA) is 371 Å². The number of aromatic nitrogens is 4. The first kappa shape index (κ1) is 104. The van der Waals surface area contributed by atoms with Gasteiger partial charge in [0.15, 0.2) is 0 Å². The van der Waals surface area contributed by atoms with Gasteiger partial charge in [-0.25, -0.2) is 19.9 Å². The van der Waals surface area contributed by atoms with Gasteiger partial charge in [-0.2, -0.15) is 0 Å². The van der Waals surface area contributed by atoms with Crippen LogP contribution >= 0.6 is 0 Å². The number of nitrogens with two attached hydrogens (primary N) is 1.